The molecule has 2 N–H and O–H groups in total. The number of hydrogen-bond donors (Lipinski definition) is 2. The van der Waals surface area contributed by atoms with Crippen LogP contribution in [-0.4, -0.2) is 44.9 Å². The van der Waals surface area contributed by atoms with Crippen LogP contribution in [-0.2, 0) is 20.9 Å². The van der Waals surface area contributed by atoms with Gasteiger partial charge in [0.2, 0.25) is 5.91 Å². The van der Waals surface area contributed by atoms with Crippen LogP contribution in [0.15, 0.2) is 18.2 Å². The fourth-order valence-electron chi connectivity index (χ4n) is 2.27. The molecule has 1 amide bonds. The number of ether oxygens (including phenoxy) is 2. The van der Waals surface area contributed by atoms with Crippen LogP contribution >= 0.6 is 23.2 Å². The van der Waals surface area contributed by atoms with E-state index in [-0.39, 0.29) is 18.1 Å². The molecular weight excluding hydrogens is 327 g/mol. The zero-order valence-corrected chi connectivity index (χ0v) is 13.9. The van der Waals surface area contributed by atoms with Crippen LogP contribution in [0.4, 0.5) is 0 Å². The zero-order valence-electron chi connectivity index (χ0n) is 12.4. The van der Waals surface area contributed by atoms with Gasteiger partial charge >= 0.3 is 0 Å². The van der Waals surface area contributed by atoms with Crippen molar-refractivity contribution < 1.29 is 14.3 Å². The lowest BCUT2D eigenvalue weighted by molar-refractivity contribution is -0.123. The van der Waals surface area contributed by atoms with Gasteiger partial charge in [0.1, 0.15) is 0 Å². The smallest absolute Gasteiger partial charge is 0.237 e. The lowest BCUT2D eigenvalue weighted by Gasteiger charge is -2.12. The van der Waals surface area contributed by atoms with E-state index in [1.165, 1.54) is 0 Å². The van der Waals surface area contributed by atoms with Crippen molar-refractivity contribution >= 4 is 29.1 Å². The first-order chi connectivity index (χ1) is 10.6. The number of methoxy groups -OCH3 is 1. The molecule has 22 heavy (non-hydrogen) atoms. The molecule has 122 valence electrons. The second-order valence-electron chi connectivity index (χ2n) is 5.13. The van der Waals surface area contributed by atoms with Gasteiger partial charge in [-0.2, -0.15) is 0 Å². The van der Waals surface area contributed by atoms with E-state index >= 15 is 0 Å². The third-order valence-electron chi connectivity index (χ3n) is 3.56. The molecule has 0 saturated carbocycles. The Kier molecular flexibility index (Phi) is 6.92. The van der Waals surface area contributed by atoms with E-state index in [1.54, 1.807) is 19.2 Å². The number of nitrogens with one attached hydrogen (secondary N) is 2. The third-order valence-corrected chi connectivity index (χ3v) is 4.15. The number of benzene rings is 1. The molecule has 0 radical (unpaired) electrons. The van der Waals surface area contributed by atoms with Gasteiger partial charge < -0.3 is 20.1 Å². The first-order valence-corrected chi connectivity index (χ1v) is 7.91. The second kappa shape index (κ2) is 8.70. The highest BCUT2D eigenvalue weighted by atomic mass is 35.5. The summed E-state index contributed by atoms with van der Waals surface area (Å²) in [6.45, 7) is 1.98. The molecule has 1 heterocycles. The molecule has 1 aliphatic heterocycles. The highest BCUT2D eigenvalue weighted by molar-refractivity contribution is 6.35. The summed E-state index contributed by atoms with van der Waals surface area (Å²) in [5.41, 5.74) is 0.873. The largest absolute Gasteiger partial charge is 0.380 e. The molecule has 1 aromatic carbocycles. The van der Waals surface area contributed by atoms with Crippen LogP contribution in [0, 0.1) is 0 Å². The number of halogens is 2. The number of carbonyl (C=O) groups is 1. The van der Waals surface area contributed by atoms with Crippen LogP contribution in [0.3, 0.4) is 0 Å². The lowest BCUT2D eigenvalue weighted by atomic mass is 10.2. The van der Waals surface area contributed by atoms with E-state index in [9.17, 15) is 4.79 Å². The van der Waals surface area contributed by atoms with Crippen molar-refractivity contribution in [2.45, 2.75) is 25.2 Å². The monoisotopic (exact) mass is 346 g/mol. The quantitative estimate of drug-likeness (QED) is 0.741. The zero-order chi connectivity index (χ0) is 15.9. The summed E-state index contributed by atoms with van der Waals surface area (Å²) in [7, 11) is 1.66. The Hall–Kier alpha value is -0.850. The summed E-state index contributed by atoms with van der Waals surface area (Å²) in [5.74, 6) is -0.0207. The summed E-state index contributed by atoms with van der Waals surface area (Å²) < 4.78 is 10.7. The third kappa shape index (κ3) is 5.11. The summed E-state index contributed by atoms with van der Waals surface area (Å²) in [5, 5.41) is 7.15. The minimum Gasteiger partial charge on any atom is -0.380 e. The van der Waals surface area contributed by atoms with E-state index < -0.39 is 0 Å². The highest BCUT2D eigenvalue weighted by Gasteiger charge is 2.28. The van der Waals surface area contributed by atoms with Crippen molar-refractivity contribution in [3.8, 4) is 0 Å². The van der Waals surface area contributed by atoms with Crippen molar-refractivity contribution in [3.05, 3.63) is 33.8 Å². The maximum atomic E-state index is 11.9. The van der Waals surface area contributed by atoms with Gasteiger partial charge in [-0.25, -0.2) is 0 Å². The van der Waals surface area contributed by atoms with Crippen molar-refractivity contribution in [2.24, 2.45) is 0 Å². The van der Waals surface area contributed by atoms with Gasteiger partial charge in [0.15, 0.2) is 0 Å². The highest BCUT2D eigenvalue weighted by Crippen LogP contribution is 2.21. The van der Waals surface area contributed by atoms with Crippen LogP contribution in [0.2, 0.25) is 10.0 Å². The Labute approximate surface area is 140 Å². The van der Waals surface area contributed by atoms with E-state index in [0.717, 1.165) is 5.56 Å². The fourth-order valence-corrected chi connectivity index (χ4v) is 2.74. The van der Waals surface area contributed by atoms with E-state index in [0.29, 0.717) is 42.8 Å². The van der Waals surface area contributed by atoms with Gasteiger partial charge in [-0.1, -0.05) is 29.3 Å². The molecule has 1 aromatic rings. The standard InChI is InChI=1S/C15H20Cl2N2O3/c1-21-12-7-14(19-8-12)15(20)18-4-5-22-9-10-2-3-11(16)6-13(10)17/h2-3,6,12,14,19H,4-5,7-9H2,1H3,(H,18,20)/t12-,14+/m0/s1. The second-order valence-corrected chi connectivity index (χ2v) is 5.98. The molecule has 0 aliphatic carbocycles. The van der Waals surface area contributed by atoms with E-state index in [1.807, 2.05) is 6.07 Å². The van der Waals surface area contributed by atoms with Crippen LogP contribution in [0.5, 0.6) is 0 Å². The minimum absolute atomic E-state index is 0.0207. The van der Waals surface area contributed by atoms with E-state index in [2.05, 4.69) is 10.6 Å². The first-order valence-electron chi connectivity index (χ1n) is 7.15. The SMILES string of the molecule is CO[C@@H]1CN[C@@H](C(=O)NCCOCc2ccc(Cl)cc2Cl)C1. The molecule has 7 heteroatoms. The van der Waals surface area contributed by atoms with Crippen molar-refractivity contribution in [1.29, 1.82) is 0 Å². The van der Waals surface area contributed by atoms with Crippen LogP contribution < -0.4 is 10.6 Å². The van der Waals surface area contributed by atoms with Gasteiger partial charge in [0.25, 0.3) is 0 Å². The number of amides is 1. The molecule has 1 aliphatic rings. The minimum atomic E-state index is -0.185. The molecule has 0 bridgehead atoms. The molecule has 0 unspecified atom stereocenters. The topological polar surface area (TPSA) is 59.6 Å². The van der Waals surface area contributed by atoms with Gasteiger partial charge in [0.05, 0.1) is 25.4 Å². The summed E-state index contributed by atoms with van der Waals surface area (Å²) in [6.07, 6.45) is 0.808. The first kappa shape index (κ1) is 17.5. The lowest BCUT2D eigenvalue weighted by Crippen LogP contribution is -2.41. The Morgan fingerprint density at radius 3 is 2.95 bits per heavy atom. The Morgan fingerprint density at radius 1 is 1.45 bits per heavy atom. The number of hydrogen-bond acceptors (Lipinski definition) is 4. The number of carbonyl (C=O) groups excluding carboxylic acids is 1. The average molecular weight is 347 g/mol. The van der Waals surface area contributed by atoms with Gasteiger partial charge in [-0.15, -0.1) is 0 Å². The molecule has 2 atom stereocenters. The maximum Gasteiger partial charge on any atom is 0.237 e. The summed E-state index contributed by atoms with van der Waals surface area (Å²) in [6, 6.07) is 5.10. The van der Waals surface area contributed by atoms with Gasteiger partial charge in [0, 0.05) is 30.2 Å². The Bertz CT molecular complexity index is 514. The molecule has 1 fully saturated rings. The van der Waals surface area contributed by atoms with Crippen molar-refractivity contribution in [3.63, 3.8) is 0 Å². The van der Waals surface area contributed by atoms with Crippen LogP contribution in [0.25, 0.3) is 0 Å². The van der Waals surface area contributed by atoms with E-state index in [4.69, 9.17) is 32.7 Å². The van der Waals surface area contributed by atoms with Crippen LogP contribution in [0.1, 0.15) is 12.0 Å². The fraction of sp³-hybridized carbons (Fsp3) is 0.533. The molecular formula is C15H20Cl2N2O3. The van der Waals surface area contributed by atoms with Crippen molar-refractivity contribution in [2.75, 3.05) is 26.8 Å². The average Bonchev–Trinajstić information content (AvgIpc) is 2.97. The van der Waals surface area contributed by atoms with Gasteiger partial charge in [-0.05, 0) is 24.1 Å². The molecule has 5 nitrogen and oxygen atoms in total. The molecule has 1 saturated heterocycles. The molecule has 2 rings (SSSR count). The predicted octanol–water partition coefficient (Wildman–Crippen LogP) is 2.00. The van der Waals surface area contributed by atoms with Crippen molar-refractivity contribution in [1.82, 2.24) is 10.6 Å². The summed E-state index contributed by atoms with van der Waals surface area (Å²) >= 11 is 11.9. The number of rotatable bonds is 7. The normalized spacial score (nSPS) is 21.0. The predicted molar refractivity (Wildman–Crippen MR) is 86.3 cm³/mol. The molecule has 0 aromatic heterocycles. The summed E-state index contributed by atoms with van der Waals surface area (Å²) in [4.78, 5) is 11.9. The molecule has 0 spiro atoms. The Morgan fingerprint density at radius 2 is 2.27 bits per heavy atom. The maximum absolute atomic E-state index is 11.9. The van der Waals surface area contributed by atoms with Gasteiger partial charge in [-0.3, -0.25) is 4.79 Å². The Balaban J connectivity index is 1.62.